The van der Waals surface area contributed by atoms with Crippen LogP contribution in [0.15, 0.2) is 55.0 Å². The molecule has 4 rings (SSSR count). The molecule has 6 heteroatoms. The highest BCUT2D eigenvalue weighted by Gasteiger charge is 2.13. The minimum absolute atomic E-state index is 0.302. The predicted molar refractivity (Wildman–Crippen MR) is 107 cm³/mol. The second kappa shape index (κ2) is 7.15. The molecular weight excluding hydrogens is 336 g/mol. The second-order valence-electron chi connectivity index (χ2n) is 6.80. The van der Waals surface area contributed by atoms with Crippen molar-refractivity contribution in [3.63, 3.8) is 0 Å². The van der Waals surface area contributed by atoms with E-state index in [4.69, 9.17) is 0 Å². The van der Waals surface area contributed by atoms with E-state index in [1.54, 1.807) is 0 Å². The van der Waals surface area contributed by atoms with Crippen LogP contribution in [0.5, 0.6) is 0 Å². The molecule has 0 atom stereocenters. The molecule has 27 heavy (non-hydrogen) atoms. The van der Waals surface area contributed by atoms with Gasteiger partial charge in [0, 0.05) is 24.3 Å². The second-order valence-corrected chi connectivity index (χ2v) is 6.80. The van der Waals surface area contributed by atoms with Gasteiger partial charge in [-0.2, -0.15) is 0 Å². The van der Waals surface area contributed by atoms with Crippen LogP contribution in [0.1, 0.15) is 31.3 Å². The van der Waals surface area contributed by atoms with Crippen molar-refractivity contribution in [2.75, 3.05) is 5.32 Å². The van der Waals surface area contributed by atoms with Crippen LogP contribution >= 0.6 is 0 Å². The first-order valence-corrected chi connectivity index (χ1v) is 9.07. The number of rotatable bonds is 5. The molecule has 0 radical (unpaired) electrons. The quantitative estimate of drug-likeness (QED) is 0.573. The van der Waals surface area contributed by atoms with Crippen molar-refractivity contribution in [2.24, 2.45) is 0 Å². The van der Waals surface area contributed by atoms with Crippen LogP contribution in [0.3, 0.4) is 0 Å². The summed E-state index contributed by atoms with van der Waals surface area (Å²) in [6.07, 6.45) is 3.64. The van der Waals surface area contributed by atoms with Crippen molar-refractivity contribution in [2.45, 2.75) is 33.4 Å². The molecule has 0 bridgehead atoms. The molecule has 0 unspecified atom stereocenters. The van der Waals surface area contributed by atoms with E-state index in [0.29, 0.717) is 12.6 Å². The lowest BCUT2D eigenvalue weighted by atomic mass is 10.1. The van der Waals surface area contributed by atoms with Crippen LogP contribution in [0.25, 0.3) is 22.4 Å². The summed E-state index contributed by atoms with van der Waals surface area (Å²) < 4.78 is 2.07. The van der Waals surface area contributed by atoms with Gasteiger partial charge >= 0.3 is 0 Å². The molecule has 3 heterocycles. The van der Waals surface area contributed by atoms with Crippen LogP contribution < -0.4 is 5.32 Å². The molecule has 0 aliphatic carbocycles. The third kappa shape index (κ3) is 3.51. The van der Waals surface area contributed by atoms with E-state index in [9.17, 15) is 0 Å². The largest absolute Gasteiger partial charge is 0.364 e. The Bertz CT molecular complexity index is 1050. The van der Waals surface area contributed by atoms with Crippen LogP contribution in [0.2, 0.25) is 0 Å². The van der Waals surface area contributed by atoms with Crippen molar-refractivity contribution >= 4 is 17.0 Å². The van der Waals surface area contributed by atoms with Crippen LogP contribution in [0.4, 0.5) is 5.82 Å². The van der Waals surface area contributed by atoms with E-state index in [2.05, 4.69) is 67.9 Å². The Balaban J connectivity index is 1.55. The van der Waals surface area contributed by atoms with Gasteiger partial charge in [0.25, 0.3) is 0 Å². The average molecular weight is 358 g/mol. The normalized spacial score (nSPS) is 11.3. The molecule has 0 saturated carbocycles. The van der Waals surface area contributed by atoms with Crippen LogP contribution in [0, 0.1) is 6.92 Å². The van der Waals surface area contributed by atoms with E-state index in [1.165, 1.54) is 5.56 Å². The number of hydrogen-bond donors (Lipinski definition) is 1. The number of nitrogens with zero attached hydrogens (tertiary/aromatic N) is 5. The minimum Gasteiger partial charge on any atom is -0.364 e. The Hall–Kier alpha value is -3.28. The fourth-order valence-electron chi connectivity index (χ4n) is 3.04. The SMILES string of the molecule is Cc1nc(NCc2ccc(-c3ccccn3)cc2)c2ncn(C(C)C)c2n1. The first-order chi connectivity index (χ1) is 13.1. The third-order valence-electron chi connectivity index (χ3n) is 4.46. The third-order valence-corrected chi connectivity index (χ3v) is 4.46. The summed E-state index contributed by atoms with van der Waals surface area (Å²) in [7, 11) is 0. The fraction of sp³-hybridized carbons (Fsp3) is 0.238. The van der Waals surface area contributed by atoms with E-state index in [-0.39, 0.29) is 0 Å². The van der Waals surface area contributed by atoms with Gasteiger partial charge in [0.1, 0.15) is 11.3 Å². The topological polar surface area (TPSA) is 68.5 Å². The highest BCUT2D eigenvalue weighted by atomic mass is 15.2. The molecule has 0 amide bonds. The van der Waals surface area contributed by atoms with Gasteiger partial charge in [0.05, 0.1) is 12.0 Å². The zero-order valence-electron chi connectivity index (χ0n) is 15.7. The molecule has 0 aliphatic rings. The molecular formula is C21H22N6. The molecule has 0 spiro atoms. The Morgan fingerprint density at radius 1 is 1.00 bits per heavy atom. The smallest absolute Gasteiger partial charge is 0.165 e. The molecule has 1 aromatic carbocycles. The van der Waals surface area contributed by atoms with Crippen LogP contribution in [-0.4, -0.2) is 24.5 Å². The number of aryl methyl sites for hydroxylation is 1. The minimum atomic E-state index is 0.302. The number of imidazole rings is 1. The van der Waals surface area contributed by atoms with Crippen LogP contribution in [-0.2, 0) is 6.54 Å². The van der Waals surface area contributed by atoms with Gasteiger partial charge in [0.15, 0.2) is 11.5 Å². The van der Waals surface area contributed by atoms with Gasteiger partial charge in [-0.3, -0.25) is 4.98 Å². The first-order valence-electron chi connectivity index (χ1n) is 9.07. The van der Waals surface area contributed by atoms with Gasteiger partial charge in [-0.15, -0.1) is 0 Å². The monoisotopic (exact) mass is 358 g/mol. The summed E-state index contributed by atoms with van der Waals surface area (Å²) in [6, 6.07) is 14.6. The summed E-state index contributed by atoms with van der Waals surface area (Å²) in [5.74, 6) is 1.50. The van der Waals surface area contributed by atoms with Gasteiger partial charge in [-0.1, -0.05) is 30.3 Å². The maximum atomic E-state index is 4.56. The summed E-state index contributed by atoms with van der Waals surface area (Å²) >= 11 is 0. The molecule has 0 saturated heterocycles. The van der Waals surface area contributed by atoms with E-state index in [1.807, 2.05) is 37.6 Å². The van der Waals surface area contributed by atoms with Crippen molar-refractivity contribution in [1.82, 2.24) is 24.5 Å². The van der Waals surface area contributed by atoms with E-state index in [0.717, 1.165) is 34.1 Å². The fourth-order valence-corrected chi connectivity index (χ4v) is 3.04. The molecule has 0 aliphatic heterocycles. The number of benzene rings is 1. The average Bonchev–Trinajstić information content (AvgIpc) is 3.11. The maximum Gasteiger partial charge on any atom is 0.165 e. The maximum absolute atomic E-state index is 4.56. The molecule has 1 N–H and O–H groups in total. The van der Waals surface area contributed by atoms with Gasteiger partial charge in [0.2, 0.25) is 0 Å². The van der Waals surface area contributed by atoms with E-state index >= 15 is 0 Å². The lowest BCUT2D eigenvalue weighted by Crippen LogP contribution is -2.06. The summed E-state index contributed by atoms with van der Waals surface area (Å²) in [4.78, 5) is 18.0. The Morgan fingerprint density at radius 3 is 2.52 bits per heavy atom. The lowest BCUT2D eigenvalue weighted by molar-refractivity contribution is 0.612. The first kappa shape index (κ1) is 17.1. The highest BCUT2D eigenvalue weighted by molar-refractivity contribution is 5.83. The number of fused-ring (bicyclic) bond motifs is 1. The molecule has 6 nitrogen and oxygen atoms in total. The summed E-state index contributed by atoms with van der Waals surface area (Å²) in [6.45, 7) is 6.82. The number of nitrogens with one attached hydrogen (secondary N) is 1. The van der Waals surface area contributed by atoms with Gasteiger partial charge in [-0.25, -0.2) is 15.0 Å². The van der Waals surface area contributed by atoms with Crippen molar-refractivity contribution < 1.29 is 0 Å². The number of anilines is 1. The molecule has 136 valence electrons. The van der Waals surface area contributed by atoms with Gasteiger partial charge < -0.3 is 9.88 Å². The molecule has 3 aromatic heterocycles. The zero-order valence-corrected chi connectivity index (χ0v) is 15.7. The number of aromatic nitrogens is 5. The number of pyridine rings is 1. The Labute approximate surface area is 158 Å². The molecule has 4 aromatic rings. The van der Waals surface area contributed by atoms with E-state index < -0.39 is 0 Å². The Kier molecular flexibility index (Phi) is 4.54. The zero-order chi connectivity index (χ0) is 18.8. The Morgan fingerprint density at radius 2 is 1.81 bits per heavy atom. The van der Waals surface area contributed by atoms with Gasteiger partial charge in [-0.05, 0) is 38.5 Å². The van der Waals surface area contributed by atoms with Crippen molar-refractivity contribution in [1.29, 1.82) is 0 Å². The predicted octanol–water partition coefficient (Wildman–Crippen LogP) is 4.39. The lowest BCUT2D eigenvalue weighted by Gasteiger charge is -2.10. The summed E-state index contributed by atoms with van der Waals surface area (Å²) in [5, 5.41) is 3.41. The summed E-state index contributed by atoms with van der Waals surface area (Å²) in [5.41, 5.74) is 4.92. The number of hydrogen-bond acceptors (Lipinski definition) is 5. The van der Waals surface area contributed by atoms with Crippen molar-refractivity contribution in [3.8, 4) is 11.3 Å². The highest BCUT2D eigenvalue weighted by Crippen LogP contribution is 2.23. The molecule has 0 fully saturated rings. The standard InChI is InChI=1S/C21H22N6/c1-14(2)27-13-24-19-20(25-15(3)26-21(19)27)23-12-16-7-9-17(10-8-16)18-6-4-5-11-22-18/h4-11,13-14H,12H2,1-3H3,(H,23,25,26). The van der Waals surface area contributed by atoms with Crippen molar-refractivity contribution in [3.05, 3.63) is 66.4 Å².